The van der Waals surface area contributed by atoms with E-state index in [0.29, 0.717) is 27.7 Å². The summed E-state index contributed by atoms with van der Waals surface area (Å²) in [7, 11) is -2.61. The molecule has 0 bridgehead atoms. The molecule has 1 atom stereocenters. The summed E-state index contributed by atoms with van der Waals surface area (Å²) in [4.78, 5) is 13.5. The maximum absolute atomic E-state index is 15.0. The molecule has 200 valence electrons. The summed E-state index contributed by atoms with van der Waals surface area (Å²) in [6.45, 7) is 0.130. The van der Waals surface area contributed by atoms with E-state index in [9.17, 15) is 22.2 Å². The molecular formula is C26H23ClF4N4O2S. The van der Waals surface area contributed by atoms with Crippen LogP contribution in [0.4, 0.5) is 23.2 Å². The molecule has 0 saturated heterocycles. The van der Waals surface area contributed by atoms with E-state index < -0.39 is 38.8 Å². The quantitative estimate of drug-likeness (QED) is 0.237. The van der Waals surface area contributed by atoms with Crippen LogP contribution in [0.3, 0.4) is 0 Å². The van der Waals surface area contributed by atoms with Gasteiger partial charge >= 0.3 is 6.18 Å². The molecule has 1 unspecified atom stereocenters. The standard InChI is InChI=1S/C26H22F4N4O2S.ClH/c1-37(2,36)23-9-4-3-8-19(23)17-10-11-21(20(27)13-17)32-25(35)22-14-24(26(28,29)30)33-34(22)18-7-5-6-16(12-18)15-31;/h3-14H,1,15,31H2,2H3,(H,32,35);1H. The second-order valence-corrected chi connectivity index (χ2v) is 10.8. The number of benzene rings is 3. The van der Waals surface area contributed by atoms with E-state index in [1.807, 2.05) is 0 Å². The lowest BCUT2D eigenvalue weighted by Crippen LogP contribution is -2.18. The zero-order chi connectivity index (χ0) is 27.0. The van der Waals surface area contributed by atoms with Crippen LogP contribution in [0.15, 0.2) is 77.7 Å². The van der Waals surface area contributed by atoms with Crippen molar-refractivity contribution in [2.75, 3.05) is 11.6 Å². The van der Waals surface area contributed by atoms with E-state index >= 15 is 4.39 Å². The van der Waals surface area contributed by atoms with E-state index in [1.54, 1.807) is 36.4 Å². The zero-order valence-corrected chi connectivity index (χ0v) is 21.6. The van der Waals surface area contributed by atoms with E-state index in [1.165, 1.54) is 30.5 Å². The third kappa shape index (κ3) is 6.07. The zero-order valence-electron chi connectivity index (χ0n) is 20.0. The fourth-order valence-electron chi connectivity index (χ4n) is 3.75. The summed E-state index contributed by atoms with van der Waals surface area (Å²) in [5.41, 5.74) is 5.36. The van der Waals surface area contributed by atoms with Crippen molar-refractivity contribution in [3.63, 3.8) is 0 Å². The SMILES string of the molecule is C=S(C)(=O)c1ccccc1-c1ccc(NC(=O)c2cc(C(F)(F)F)nn2-c2cccc(CN)c2)c(F)c1.Cl. The van der Waals surface area contributed by atoms with Gasteiger partial charge < -0.3 is 11.1 Å². The van der Waals surface area contributed by atoms with Gasteiger partial charge in [0.15, 0.2) is 5.69 Å². The number of alkyl halides is 3. The van der Waals surface area contributed by atoms with Gasteiger partial charge in [0.05, 0.1) is 11.4 Å². The van der Waals surface area contributed by atoms with Crippen molar-refractivity contribution in [2.24, 2.45) is 5.73 Å². The van der Waals surface area contributed by atoms with Crippen LogP contribution in [0.25, 0.3) is 16.8 Å². The first-order valence-electron chi connectivity index (χ1n) is 10.9. The molecule has 0 radical (unpaired) electrons. The number of nitrogens with zero attached hydrogens (tertiary/aromatic N) is 2. The first kappa shape index (κ1) is 28.9. The Morgan fingerprint density at radius 2 is 1.79 bits per heavy atom. The van der Waals surface area contributed by atoms with Crippen molar-refractivity contribution in [1.82, 2.24) is 9.78 Å². The molecule has 6 nitrogen and oxygen atoms in total. The molecule has 4 aromatic rings. The maximum atomic E-state index is 15.0. The number of hydrogen-bond acceptors (Lipinski definition) is 4. The van der Waals surface area contributed by atoms with Gasteiger partial charge in [-0.2, -0.15) is 18.3 Å². The van der Waals surface area contributed by atoms with Gasteiger partial charge in [0.2, 0.25) is 0 Å². The van der Waals surface area contributed by atoms with E-state index in [4.69, 9.17) is 5.73 Å². The molecule has 0 fully saturated rings. The number of amides is 1. The third-order valence-electron chi connectivity index (χ3n) is 5.50. The molecule has 4 rings (SSSR count). The number of aromatic nitrogens is 2. The normalized spacial score (nSPS) is 12.9. The molecular weight excluding hydrogens is 544 g/mol. The predicted molar refractivity (Wildman–Crippen MR) is 143 cm³/mol. The minimum absolute atomic E-state index is 0. The summed E-state index contributed by atoms with van der Waals surface area (Å²) in [5, 5.41) is 5.88. The molecule has 12 heteroatoms. The molecule has 1 aromatic heterocycles. The molecule has 0 spiro atoms. The second-order valence-electron chi connectivity index (χ2n) is 8.35. The molecule has 3 aromatic carbocycles. The Balaban J connectivity index is 0.00000400. The lowest BCUT2D eigenvalue weighted by atomic mass is 10.0. The number of rotatable bonds is 6. The number of halogens is 5. The maximum Gasteiger partial charge on any atom is 0.435 e. The van der Waals surface area contributed by atoms with Crippen LogP contribution in [0.5, 0.6) is 0 Å². The van der Waals surface area contributed by atoms with Crippen LogP contribution >= 0.6 is 12.4 Å². The average molecular weight is 567 g/mol. The second kappa shape index (κ2) is 11.0. The van der Waals surface area contributed by atoms with E-state index in [-0.39, 0.29) is 30.3 Å². The fraction of sp³-hybridized carbons (Fsp3) is 0.115. The van der Waals surface area contributed by atoms with Crippen LogP contribution in [0, 0.1) is 5.82 Å². The highest BCUT2D eigenvalue weighted by molar-refractivity contribution is 7.99. The Bertz CT molecular complexity index is 1600. The van der Waals surface area contributed by atoms with Gasteiger partial charge in [-0.25, -0.2) is 9.07 Å². The minimum Gasteiger partial charge on any atom is -0.326 e. The molecule has 0 aliphatic heterocycles. The van der Waals surface area contributed by atoms with Crippen molar-refractivity contribution in [3.8, 4) is 16.8 Å². The van der Waals surface area contributed by atoms with Crippen LogP contribution in [-0.4, -0.2) is 32.0 Å². The van der Waals surface area contributed by atoms with Crippen molar-refractivity contribution in [2.45, 2.75) is 17.6 Å². The van der Waals surface area contributed by atoms with E-state index in [2.05, 4.69) is 16.3 Å². The van der Waals surface area contributed by atoms with Crippen molar-refractivity contribution < 1.29 is 26.6 Å². The van der Waals surface area contributed by atoms with Gasteiger partial charge in [-0.15, -0.1) is 12.4 Å². The Hall–Kier alpha value is -3.67. The van der Waals surface area contributed by atoms with Gasteiger partial charge in [-0.1, -0.05) is 36.4 Å². The molecule has 1 amide bonds. The number of carbonyl (C=O) groups excluding carboxylic acids is 1. The average Bonchev–Trinajstić information content (AvgIpc) is 3.31. The first-order valence-corrected chi connectivity index (χ1v) is 13.0. The summed E-state index contributed by atoms with van der Waals surface area (Å²) in [6, 6.07) is 17.5. The van der Waals surface area contributed by atoms with Crippen molar-refractivity contribution in [1.29, 1.82) is 0 Å². The Morgan fingerprint density at radius 1 is 1.08 bits per heavy atom. The highest BCUT2D eigenvalue weighted by Crippen LogP contribution is 2.32. The van der Waals surface area contributed by atoms with Crippen LogP contribution in [0.1, 0.15) is 21.7 Å². The largest absolute Gasteiger partial charge is 0.435 e. The third-order valence-corrected chi connectivity index (χ3v) is 6.79. The molecule has 0 aliphatic rings. The van der Waals surface area contributed by atoms with Crippen molar-refractivity contribution in [3.05, 3.63) is 95.6 Å². The van der Waals surface area contributed by atoms with Crippen molar-refractivity contribution >= 4 is 39.4 Å². The van der Waals surface area contributed by atoms with Gasteiger partial charge in [0, 0.05) is 23.8 Å². The van der Waals surface area contributed by atoms with Crippen LogP contribution < -0.4 is 11.1 Å². The molecule has 0 saturated carbocycles. The highest BCUT2D eigenvalue weighted by Gasteiger charge is 2.36. The van der Waals surface area contributed by atoms with Gasteiger partial charge in [-0.05, 0) is 62.4 Å². The lowest BCUT2D eigenvalue weighted by Gasteiger charge is -2.13. The fourth-order valence-corrected chi connectivity index (χ4v) is 4.76. The molecule has 38 heavy (non-hydrogen) atoms. The minimum atomic E-state index is -4.81. The first-order chi connectivity index (χ1) is 17.4. The number of nitrogens with one attached hydrogen (secondary N) is 1. The predicted octanol–water partition coefficient (Wildman–Crippen LogP) is 5.54. The van der Waals surface area contributed by atoms with Crippen LogP contribution in [0.2, 0.25) is 0 Å². The highest BCUT2D eigenvalue weighted by atomic mass is 35.5. The number of carbonyl (C=O) groups is 1. The summed E-state index contributed by atoms with van der Waals surface area (Å²) in [5.74, 6) is 1.85. The lowest BCUT2D eigenvalue weighted by molar-refractivity contribution is -0.141. The number of anilines is 1. The number of hydrogen-bond donors (Lipinski definition) is 2. The topological polar surface area (TPSA) is 90.0 Å². The summed E-state index contributed by atoms with van der Waals surface area (Å²) < 4.78 is 68.6. The van der Waals surface area contributed by atoms with Gasteiger partial charge in [0.1, 0.15) is 11.5 Å². The Kier molecular flexibility index (Phi) is 8.35. The monoisotopic (exact) mass is 566 g/mol. The number of nitrogens with two attached hydrogens (primary N) is 1. The van der Waals surface area contributed by atoms with E-state index in [0.717, 1.165) is 10.7 Å². The molecule has 0 aliphatic carbocycles. The summed E-state index contributed by atoms with van der Waals surface area (Å²) >= 11 is 0. The Labute approximate surface area is 222 Å². The van der Waals surface area contributed by atoms with Gasteiger partial charge in [-0.3, -0.25) is 9.00 Å². The summed E-state index contributed by atoms with van der Waals surface area (Å²) in [6.07, 6.45) is -3.34. The molecule has 3 N–H and O–H groups in total. The van der Waals surface area contributed by atoms with Crippen LogP contribution in [-0.2, 0) is 22.2 Å². The Morgan fingerprint density at radius 3 is 2.42 bits per heavy atom. The smallest absolute Gasteiger partial charge is 0.326 e. The molecule has 1 heterocycles. The van der Waals surface area contributed by atoms with Gasteiger partial charge in [0.25, 0.3) is 5.91 Å².